The second-order valence-corrected chi connectivity index (χ2v) is 8.48. The molecule has 174 valence electrons. The molecule has 10 heteroatoms. The standard InChI is InChI=1S/C24H23FN6O2S/c1-4-22-30-23(34-31-22)21-11-18(7-8-27-21)33-17-5-6-20(19(25)10-17)29-24(32)28-16-9-15(14(2)3)12-26-13-16/h5-14H,4H2,1-3H3,(H2,28,29,32). The fourth-order valence-electron chi connectivity index (χ4n) is 3.02. The predicted octanol–water partition coefficient (Wildman–Crippen LogP) is 6.26. The molecular weight excluding hydrogens is 455 g/mol. The Morgan fingerprint density at radius 2 is 1.94 bits per heavy atom. The number of urea groups is 1. The lowest BCUT2D eigenvalue weighted by atomic mass is 10.1. The van der Waals surface area contributed by atoms with Gasteiger partial charge in [-0.2, -0.15) is 4.37 Å². The van der Waals surface area contributed by atoms with Crippen LogP contribution < -0.4 is 15.4 Å². The molecule has 0 fully saturated rings. The molecule has 1 aromatic carbocycles. The fourth-order valence-corrected chi connectivity index (χ4v) is 3.73. The molecule has 3 heterocycles. The average Bonchev–Trinajstić information content (AvgIpc) is 3.31. The molecule has 0 radical (unpaired) electrons. The van der Waals surface area contributed by atoms with E-state index in [4.69, 9.17) is 4.74 Å². The van der Waals surface area contributed by atoms with Crippen molar-refractivity contribution in [3.63, 3.8) is 0 Å². The van der Waals surface area contributed by atoms with Gasteiger partial charge in [0.25, 0.3) is 0 Å². The van der Waals surface area contributed by atoms with Crippen molar-refractivity contribution in [3.8, 4) is 22.2 Å². The van der Waals surface area contributed by atoms with E-state index < -0.39 is 11.8 Å². The molecule has 0 aliphatic carbocycles. The van der Waals surface area contributed by atoms with Gasteiger partial charge in [0.15, 0.2) is 5.01 Å². The second-order valence-electron chi connectivity index (χ2n) is 7.73. The number of nitrogens with zero attached hydrogens (tertiary/aromatic N) is 4. The maximum absolute atomic E-state index is 14.6. The first kappa shape index (κ1) is 23.2. The molecule has 0 spiro atoms. The Hall–Kier alpha value is -3.92. The van der Waals surface area contributed by atoms with Crippen LogP contribution in [-0.4, -0.2) is 25.4 Å². The third kappa shape index (κ3) is 5.70. The molecule has 0 saturated carbocycles. The second kappa shape index (κ2) is 10.3. The van der Waals surface area contributed by atoms with Crippen molar-refractivity contribution < 1.29 is 13.9 Å². The van der Waals surface area contributed by atoms with Crippen molar-refractivity contribution in [3.05, 3.63) is 72.2 Å². The van der Waals surface area contributed by atoms with Crippen LogP contribution in [0.1, 0.15) is 38.1 Å². The van der Waals surface area contributed by atoms with Crippen molar-refractivity contribution >= 4 is 28.9 Å². The summed E-state index contributed by atoms with van der Waals surface area (Å²) in [6.07, 6.45) is 5.61. The Kier molecular flexibility index (Phi) is 7.07. The number of aromatic nitrogens is 4. The van der Waals surface area contributed by atoms with Crippen molar-refractivity contribution in [1.82, 2.24) is 19.3 Å². The molecule has 0 saturated heterocycles. The zero-order valence-corrected chi connectivity index (χ0v) is 19.7. The van der Waals surface area contributed by atoms with Crippen LogP contribution in [0.2, 0.25) is 0 Å². The summed E-state index contributed by atoms with van der Waals surface area (Å²) >= 11 is 1.27. The van der Waals surface area contributed by atoms with Crippen LogP contribution >= 0.6 is 11.5 Å². The minimum atomic E-state index is -0.632. The van der Waals surface area contributed by atoms with Crippen molar-refractivity contribution in [2.24, 2.45) is 0 Å². The first-order chi connectivity index (χ1) is 16.4. The highest BCUT2D eigenvalue weighted by atomic mass is 32.1. The lowest BCUT2D eigenvalue weighted by molar-refractivity contribution is 0.262. The van der Waals surface area contributed by atoms with Gasteiger partial charge < -0.3 is 15.4 Å². The Labute approximate surface area is 200 Å². The molecule has 0 aliphatic rings. The van der Waals surface area contributed by atoms with Crippen molar-refractivity contribution in [2.45, 2.75) is 33.1 Å². The highest BCUT2D eigenvalue weighted by Crippen LogP contribution is 2.29. The van der Waals surface area contributed by atoms with Crippen LogP contribution in [0.3, 0.4) is 0 Å². The monoisotopic (exact) mass is 478 g/mol. The van der Waals surface area contributed by atoms with Gasteiger partial charge in [0.2, 0.25) is 0 Å². The predicted molar refractivity (Wildman–Crippen MR) is 130 cm³/mol. The molecular formula is C24H23FN6O2S. The number of benzene rings is 1. The van der Waals surface area contributed by atoms with Gasteiger partial charge in [0.05, 0.1) is 17.6 Å². The van der Waals surface area contributed by atoms with Gasteiger partial charge in [-0.25, -0.2) is 14.2 Å². The van der Waals surface area contributed by atoms with E-state index in [0.717, 1.165) is 17.8 Å². The fraction of sp³-hybridized carbons (Fsp3) is 0.208. The molecule has 4 aromatic rings. The summed E-state index contributed by atoms with van der Waals surface area (Å²) in [6, 6.07) is 8.86. The number of carbonyl (C=O) groups excluding carboxylic acids is 1. The third-order valence-electron chi connectivity index (χ3n) is 4.84. The maximum atomic E-state index is 14.6. The Balaban J connectivity index is 1.42. The smallest absolute Gasteiger partial charge is 0.323 e. The number of anilines is 2. The summed E-state index contributed by atoms with van der Waals surface area (Å²) in [7, 11) is 0. The Bertz CT molecular complexity index is 1310. The number of carbonyl (C=O) groups is 1. The van der Waals surface area contributed by atoms with Gasteiger partial charge in [0.1, 0.15) is 28.8 Å². The molecule has 0 atom stereocenters. The number of rotatable bonds is 7. The minimum Gasteiger partial charge on any atom is -0.457 e. The van der Waals surface area contributed by atoms with E-state index in [-0.39, 0.29) is 17.4 Å². The summed E-state index contributed by atoms with van der Waals surface area (Å²) in [6.45, 7) is 6.05. The third-order valence-corrected chi connectivity index (χ3v) is 5.62. The number of amides is 2. The van der Waals surface area contributed by atoms with E-state index in [9.17, 15) is 9.18 Å². The molecule has 34 heavy (non-hydrogen) atoms. The number of hydrogen-bond acceptors (Lipinski definition) is 7. The van der Waals surface area contributed by atoms with Crippen molar-refractivity contribution in [2.75, 3.05) is 10.6 Å². The zero-order chi connectivity index (χ0) is 24.1. The molecule has 4 rings (SSSR count). The zero-order valence-electron chi connectivity index (χ0n) is 18.9. The van der Waals surface area contributed by atoms with Crippen LogP contribution in [-0.2, 0) is 6.42 Å². The number of halogens is 1. The Morgan fingerprint density at radius 3 is 2.68 bits per heavy atom. The van der Waals surface area contributed by atoms with Gasteiger partial charge in [-0.1, -0.05) is 20.8 Å². The molecule has 2 N–H and O–H groups in total. The summed E-state index contributed by atoms with van der Waals surface area (Å²) in [5, 5.41) is 5.86. The van der Waals surface area contributed by atoms with E-state index in [0.29, 0.717) is 22.1 Å². The average molecular weight is 479 g/mol. The first-order valence-corrected chi connectivity index (χ1v) is 11.5. The minimum absolute atomic E-state index is 0.0224. The molecule has 0 aliphatic heterocycles. The van der Waals surface area contributed by atoms with Crippen LogP contribution in [0, 0.1) is 5.82 Å². The van der Waals surface area contributed by atoms with Crippen LogP contribution in [0.4, 0.5) is 20.6 Å². The van der Waals surface area contributed by atoms with Crippen molar-refractivity contribution in [1.29, 1.82) is 0 Å². The van der Waals surface area contributed by atoms with Crippen LogP contribution in [0.15, 0.2) is 55.0 Å². The van der Waals surface area contributed by atoms with Gasteiger partial charge >= 0.3 is 6.03 Å². The van der Waals surface area contributed by atoms with E-state index in [2.05, 4.69) is 30.0 Å². The maximum Gasteiger partial charge on any atom is 0.323 e. The first-order valence-electron chi connectivity index (χ1n) is 10.7. The lowest BCUT2D eigenvalue weighted by Crippen LogP contribution is -2.20. The molecule has 0 bridgehead atoms. The van der Waals surface area contributed by atoms with E-state index in [1.165, 1.54) is 29.9 Å². The molecule has 2 amide bonds. The summed E-state index contributed by atoms with van der Waals surface area (Å²) in [4.78, 5) is 25.2. The SMILES string of the molecule is CCc1nsc(-c2cc(Oc3ccc(NC(=O)Nc4cncc(C(C)C)c4)c(F)c3)ccn2)n1. The summed E-state index contributed by atoms with van der Waals surface area (Å²) in [5.41, 5.74) is 2.16. The van der Waals surface area contributed by atoms with Gasteiger partial charge in [-0.3, -0.25) is 9.97 Å². The summed E-state index contributed by atoms with van der Waals surface area (Å²) < 4.78 is 24.7. The number of ether oxygens (including phenoxy) is 1. The van der Waals surface area contributed by atoms with Gasteiger partial charge in [-0.05, 0) is 47.3 Å². The van der Waals surface area contributed by atoms with E-state index >= 15 is 0 Å². The quantitative estimate of drug-likeness (QED) is 0.325. The Morgan fingerprint density at radius 1 is 1.12 bits per heavy atom. The normalized spacial score (nSPS) is 10.9. The van der Waals surface area contributed by atoms with E-state index in [1.54, 1.807) is 30.6 Å². The largest absolute Gasteiger partial charge is 0.457 e. The van der Waals surface area contributed by atoms with E-state index in [1.807, 2.05) is 26.8 Å². The van der Waals surface area contributed by atoms with Gasteiger partial charge in [0, 0.05) is 30.9 Å². The molecule has 0 unspecified atom stereocenters. The highest BCUT2D eigenvalue weighted by molar-refractivity contribution is 7.09. The number of pyridine rings is 2. The highest BCUT2D eigenvalue weighted by Gasteiger charge is 2.12. The number of nitrogens with one attached hydrogen (secondary N) is 2. The lowest BCUT2D eigenvalue weighted by Gasteiger charge is -2.12. The number of aryl methyl sites for hydroxylation is 1. The topological polar surface area (TPSA) is 102 Å². The van der Waals surface area contributed by atoms with Crippen LogP contribution in [0.25, 0.3) is 10.7 Å². The van der Waals surface area contributed by atoms with Gasteiger partial charge in [-0.15, -0.1) is 0 Å². The molecule has 8 nitrogen and oxygen atoms in total. The van der Waals surface area contributed by atoms with Crippen LogP contribution in [0.5, 0.6) is 11.5 Å². The molecule has 3 aromatic heterocycles. The number of hydrogen-bond donors (Lipinski definition) is 2. The summed E-state index contributed by atoms with van der Waals surface area (Å²) in [5.74, 6) is 1.15.